The SMILES string of the molecule is Brc1cccc2c1cc1cccc3c4cccc5cc6ccccc6c(c54)c2c13. The molecule has 0 bridgehead atoms. The summed E-state index contributed by atoms with van der Waals surface area (Å²) in [6.07, 6.45) is 0. The van der Waals surface area contributed by atoms with Crippen LogP contribution in [0.2, 0.25) is 0 Å². The Morgan fingerprint density at radius 3 is 1.66 bits per heavy atom. The second-order valence-electron chi connectivity index (χ2n) is 7.87. The van der Waals surface area contributed by atoms with Crippen LogP contribution in [-0.4, -0.2) is 0 Å². The average Bonchev–Trinajstić information content (AvgIpc) is 2.76. The van der Waals surface area contributed by atoms with Crippen molar-refractivity contribution in [2.24, 2.45) is 0 Å². The molecule has 7 aromatic carbocycles. The molecule has 0 spiro atoms. The minimum atomic E-state index is 1.15. The topological polar surface area (TPSA) is 0 Å². The molecule has 0 saturated carbocycles. The lowest BCUT2D eigenvalue weighted by Crippen LogP contribution is -1.90. The summed E-state index contributed by atoms with van der Waals surface area (Å²) >= 11 is 3.80. The van der Waals surface area contributed by atoms with Gasteiger partial charge in [-0.2, -0.15) is 0 Å². The molecule has 0 N–H and O–H groups in total. The number of fused-ring (bicyclic) bond motifs is 6. The molecule has 29 heavy (non-hydrogen) atoms. The van der Waals surface area contributed by atoms with Crippen molar-refractivity contribution >= 4 is 80.6 Å². The smallest absolute Gasteiger partial charge is 0.0254 e. The molecule has 7 aromatic rings. The predicted molar refractivity (Wildman–Crippen MR) is 130 cm³/mol. The summed E-state index contributed by atoms with van der Waals surface area (Å²) in [6, 6.07) is 33.5. The maximum absolute atomic E-state index is 3.80. The summed E-state index contributed by atoms with van der Waals surface area (Å²) in [5, 5.41) is 16.0. The van der Waals surface area contributed by atoms with Crippen LogP contribution in [-0.2, 0) is 0 Å². The lowest BCUT2D eigenvalue weighted by molar-refractivity contribution is 1.75. The summed E-state index contributed by atoms with van der Waals surface area (Å²) in [7, 11) is 0. The zero-order valence-electron chi connectivity index (χ0n) is 15.5. The van der Waals surface area contributed by atoms with E-state index in [0.29, 0.717) is 0 Å². The van der Waals surface area contributed by atoms with Crippen LogP contribution in [0.1, 0.15) is 0 Å². The molecule has 0 radical (unpaired) electrons. The van der Waals surface area contributed by atoms with Crippen LogP contribution in [0, 0.1) is 0 Å². The maximum atomic E-state index is 3.80. The summed E-state index contributed by atoms with van der Waals surface area (Å²) in [4.78, 5) is 0. The van der Waals surface area contributed by atoms with Crippen molar-refractivity contribution in [1.29, 1.82) is 0 Å². The number of hydrogen-bond acceptors (Lipinski definition) is 0. The van der Waals surface area contributed by atoms with Gasteiger partial charge in [-0.05, 0) is 82.8 Å². The van der Waals surface area contributed by atoms with Crippen molar-refractivity contribution in [3.05, 3.63) is 95.5 Å². The van der Waals surface area contributed by atoms with Crippen LogP contribution in [0.15, 0.2) is 95.5 Å². The standard InChI is InChI=1S/C28H15Br/c29-24-13-5-12-22-23(24)15-18-8-4-11-21-20-10-3-7-17-14-16-6-1-2-9-19(16)27(25(17)20)28(22)26(18)21/h1-15H. The van der Waals surface area contributed by atoms with Gasteiger partial charge in [0.25, 0.3) is 0 Å². The van der Waals surface area contributed by atoms with Gasteiger partial charge in [0, 0.05) is 4.47 Å². The third kappa shape index (κ3) is 1.93. The number of halogens is 1. The molecule has 0 nitrogen and oxygen atoms in total. The highest BCUT2D eigenvalue weighted by Gasteiger charge is 2.17. The highest BCUT2D eigenvalue weighted by Crippen LogP contribution is 2.46. The molecule has 134 valence electrons. The van der Waals surface area contributed by atoms with E-state index in [1.165, 1.54) is 64.6 Å². The molecule has 0 aliphatic heterocycles. The van der Waals surface area contributed by atoms with E-state index < -0.39 is 0 Å². The van der Waals surface area contributed by atoms with Crippen LogP contribution in [0.4, 0.5) is 0 Å². The Morgan fingerprint density at radius 2 is 0.897 bits per heavy atom. The van der Waals surface area contributed by atoms with Crippen molar-refractivity contribution in [2.75, 3.05) is 0 Å². The van der Waals surface area contributed by atoms with Gasteiger partial charge < -0.3 is 0 Å². The van der Waals surface area contributed by atoms with E-state index in [9.17, 15) is 0 Å². The van der Waals surface area contributed by atoms with Crippen LogP contribution < -0.4 is 0 Å². The molecule has 0 saturated heterocycles. The first kappa shape index (κ1) is 15.7. The summed E-state index contributed by atoms with van der Waals surface area (Å²) in [6.45, 7) is 0. The lowest BCUT2D eigenvalue weighted by atomic mass is 9.85. The zero-order chi connectivity index (χ0) is 19.1. The molecule has 0 amide bonds. The number of benzene rings is 7. The van der Waals surface area contributed by atoms with Gasteiger partial charge in [-0.15, -0.1) is 0 Å². The van der Waals surface area contributed by atoms with E-state index in [1.807, 2.05) is 0 Å². The predicted octanol–water partition coefficient (Wildman–Crippen LogP) is 8.81. The average molecular weight is 431 g/mol. The van der Waals surface area contributed by atoms with Crippen LogP contribution in [0.5, 0.6) is 0 Å². The molecule has 0 aliphatic carbocycles. The maximum Gasteiger partial charge on any atom is 0.0254 e. The Kier molecular flexibility index (Phi) is 2.96. The minimum absolute atomic E-state index is 1.15. The third-order valence-corrected chi connectivity index (χ3v) is 7.09. The molecular formula is C28H15Br. The van der Waals surface area contributed by atoms with Crippen molar-refractivity contribution in [2.45, 2.75) is 0 Å². The molecule has 0 aliphatic rings. The molecule has 7 rings (SSSR count). The summed E-state index contributed by atoms with van der Waals surface area (Å²) in [5.41, 5.74) is 0. The minimum Gasteiger partial charge on any atom is -0.0616 e. The van der Waals surface area contributed by atoms with E-state index in [4.69, 9.17) is 0 Å². The van der Waals surface area contributed by atoms with E-state index in [0.717, 1.165) is 4.47 Å². The lowest BCUT2D eigenvalue weighted by Gasteiger charge is -2.18. The van der Waals surface area contributed by atoms with E-state index in [1.54, 1.807) is 0 Å². The highest BCUT2D eigenvalue weighted by atomic mass is 79.9. The van der Waals surface area contributed by atoms with Crippen LogP contribution in [0.25, 0.3) is 64.6 Å². The third-order valence-electron chi connectivity index (χ3n) is 6.40. The zero-order valence-corrected chi connectivity index (χ0v) is 17.1. The van der Waals surface area contributed by atoms with Gasteiger partial charge in [0.15, 0.2) is 0 Å². The Hall–Kier alpha value is -3.16. The Morgan fingerprint density at radius 1 is 0.379 bits per heavy atom. The fourth-order valence-corrected chi connectivity index (χ4v) is 5.73. The van der Waals surface area contributed by atoms with Crippen LogP contribution >= 0.6 is 15.9 Å². The molecule has 0 heterocycles. The van der Waals surface area contributed by atoms with Crippen molar-refractivity contribution in [3.8, 4) is 0 Å². The first-order valence-corrected chi connectivity index (χ1v) is 10.7. The van der Waals surface area contributed by atoms with Crippen molar-refractivity contribution < 1.29 is 0 Å². The largest absolute Gasteiger partial charge is 0.0616 e. The van der Waals surface area contributed by atoms with Gasteiger partial charge >= 0.3 is 0 Å². The number of rotatable bonds is 0. The Balaban J connectivity index is 2.01. The summed E-state index contributed by atoms with van der Waals surface area (Å²) in [5.74, 6) is 0. The molecular weight excluding hydrogens is 416 g/mol. The van der Waals surface area contributed by atoms with Gasteiger partial charge in [-0.1, -0.05) is 88.7 Å². The highest BCUT2D eigenvalue weighted by molar-refractivity contribution is 9.10. The first-order valence-electron chi connectivity index (χ1n) is 9.90. The van der Waals surface area contributed by atoms with E-state index in [2.05, 4.69) is 107 Å². The van der Waals surface area contributed by atoms with Gasteiger partial charge in [0.2, 0.25) is 0 Å². The van der Waals surface area contributed by atoms with Gasteiger partial charge in [0.1, 0.15) is 0 Å². The van der Waals surface area contributed by atoms with Gasteiger partial charge in [-0.3, -0.25) is 0 Å². The number of hydrogen-bond donors (Lipinski definition) is 0. The Labute approximate surface area is 175 Å². The molecule has 0 fully saturated rings. The second kappa shape index (κ2) is 5.46. The molecule has 1 heteroatoms. The molecule has 0 atom stereocenters. The normalized spacial score (nSPS) is 12.3. The monoisotopic (exact) mass is 430 g/mol. The fourth-order valence-electron chi connectivity index (χ4n) is 5.25. The van der Waals surface area contributed by atoms with Crippen LogP contribution in [0.3, 0.4) is 0 Å². The second-order valence-corrected chi connectivity index (χ2v) is 8.72. The van der Waals surface area contributed by atoms with Gasteiger partial charge in [-0.25, -0.2) is 0 Å². The fraction of sp³-hybridized carbons (Fsp3) is 0. The molecule has 0 aromatic heterocycles. The van der Waals surface area contributed by atoms with Crippen molar-refractivity contribution in [1.82, 2.24) is 0 Å². The van der Waals surface area contributed by atoms with Gasteiger partial charge in [0.05, 0.1) is 0 Å². The van der Waals surface area contributed by atoms with E-state index >= 15 is 0 Å². The quantitative estimate of drug-likeness (QED) is 0.166. The first-order chi connectivity index (χ1) is 14.3. The van der Waals surface area contributed by atoms with Crippen molar-refractivity contribution in [3.63, 3.8) is 0 Å². The Bertz CT molecular complexity index is 1760. The van der Waals surface area contributed by atoms with E-state index in [-0.39, 0.29) is 0 Å². The molecule has 0 unspecified atom stereocenters. The summed E-state index contributed by atoms with van der Waals surface area (Å²) < 4.78 is 1.15.